The zero-order chi connectivity index (χ0) is 15.4. The number of nitrogens with one attached hydrogen (secondary N) is 1. The first-order valence-corrected chi connectivity index (χ1v) is 9.41. The second-order valence-corrected chi connectivity index (χ2v) is 8.03. The van der Waals surface area contributed by atoms with Crippen LogP contribution in [0.25, 0.3) is 0 Å². The lowest BCUT2D eigenvalue weighted by molar-refractivity contribution is -0.117. The van der Waals surface area contributed by atoms with E-state index in [2.05, 4.69) is 17.4 Å². The molecule has 0 aromatic heterocycles. The molecule has 0 unspecified atom stereocenters. The van der Waals surface area contributed by atoms with Crippen molar-refractivity contribution < 1.29 is 4.79 Å². The minimum absolute atomic E-state index is 0. The van der Waals surface area contributed by atoms with E-state index in [0.717, 1.165) is 30.2 Å². The summed E-state index contributed by atoms with van der Waals surface area (Å²) >= 11 is 1.98. The number of hydrogen-bond donors (Lipinski definition) is 2. The Morgan fingerprint density at radius 1 is 1.09 bits per heavy atom. The van der Waals surface area contributed by atoms with E-state index in [4.69, 9.17) is 5.73 Å². The van der Waals surface area contributed by atoms with Crippen LogP contribution >= 0.6 is 24.2 Å². The molecular formula is C18H27ClN2OS. The molecule has 23 heavy (non-hydrogen) atoms. The molecule has 1 aromatic rings. The molecular weight excluding hydrogens is 328 g/mol. The van der Waals surface area contributed by atoms with E-state index >= 15 is 0 Å². The summed E-state index contributed by atoms with van der Waals surface area (Å²) in [6, 6.07) is 8.49. The van der Waals surface area contributed by atoms with Gasteiger partial charge in [-0.15, -0.1) is 24.2 Å². The molecule has 2 aliphatic rings. The highest BCUT2D eigenvalue weighted by molar-refractivity contribution is 8.00. The average molecular weight is 355 g/mol. The van der Waals surface area contributed by atoms with Gasteiger partial charge in [-0.2, -0.15) is 0 Å². The van der Waals surface area contributed by atoms with Gasteiger partial charge in [0.05, 0.1) is 0 Å². The van der Waals surface area contributed by atoms with Gasteiger partial charge in [0.2, 0.25) is 5.91 Å². The Balaban J connectivity index is 0.00000192. The summed E-state index contributed by atoms with van der Waals surface area (Å²) in [6.07, 6.45) is 9.28. The molecule has 2 aliphatic carbocycles. The molecule has 128 valence electrons. The predicted molar refractivity (Wildman–Crippen MR) is 100 cm³/mol. The summed E-state index contributed by atoms with van der Waals surface area (Å²) in [4.78, 5) is 13.4. The molecule has 0 heterocycles. The number of benzene rings is 1. The van der Waals surface area contributed by atoms with E-state index in [0.29, 0.717) is 12.3 Å². The molecule has 3 N–H and O–H groups in total. The second-order valence-electron chi connectivity index (χ2n) is 6.66. The maximum Gasteiger partial charge on any atom is 0.224 e. The normalized spacial score (nSPS) is 24.4. The highest BCUT2D eigenvalue weighted by atomic mass is 35.5. The van der Waals surface area contributed by atoms with Crippen LogP contribution in [0.2, 0.25) is 0 Å². The number of carbonyl (C=O) groups is 1. The zero-order valence-corrected chi connectivity index (χ0v) is 15.1. The number of anilines is 1. The Hall–Kier alpha value is -0.710. The summed E-state index contributed by atoms with van der Waals surface area (Å²) in [5, 5.41) is 3.79. The number of thioether (sulfide) groups is 1. The standard InChI is InChI=1S/C18H26N2OS.ClH/c19-17-7-3-4-13(17)12-18(21)20-14-8-10-16(11-9-14)22-15-5-1-2-6-15;/h8-11,13,15,17H,1-7,12,19H2,(H,20,21);1H/t13-,17+;/m0./s1. The lowest BCUT2D eigenvalue weighted by Crippen LogP contribution is -2.28. The molecule has 0 spiro atoms. The van der Waals surface area contributed by atoms with E-state index in [1.54, 1.807) is 0 Å². The van der Waals surface area contributed by atoms with Crippen LogP contribution in [0.5, 0.6) is 0 Å². The van der Waals surface area contributed by atoms with Crippen LogP contribution < -0.4 is 11.1 Å². The second kappa shape index (κ2) is 8.95. The monoisotopic (exact) mass is 354 g/mol. The number of nitrogens with two attached hydrogens (primary N) is 1. The van der Waals surface area contributed by atoms with Gasteiger partial charge in [0.15, 0.2) is 0 Å². The van der Waals surface area contributed by atoms with Crippen molar-refractivity contribution in [3.05, 3.63) is 24.3 Å². The average Bonchev–Trinajstić information content (AvgIpc) is 3.14. The van der Waals surface area contributed by atoms with Crippen LogP contribution in [0.1, 0.15) is 51.4 Å². The highest BCUT2D eigenvalue weighted by Crippen LogP contribution is 2.35. The summed E-state index contributed by atoms with van der Waals surface area (Å²) in [5.41, 5.74) is 6.93. The fourth-order valence-electron chi connectivity index (χ4n) is 3.58. The first kappa shape index (κ1) is 18.6. The first-order chi connectivity index (χ1) is 10.7. The predicted octanol–water partition coefficient (Wildman–Crippen LogP) is 4.60. The van der Waals surface area contributed by atoms with Crippen molar-refractivity contribution in [1.82, 2.24) is 0 Å². The molecule has 2 fully saturated rings. The van der Waals surface area contributed by atoms with Crippen LogP contribution in [0, 0.1) is 5.92 Å². The molecule has 1 amide bonds. The first-order valence-electron chi connectivity index (χ1n) is 8.53. The molecule has 0 aliphatic heterocycles. The zero-order valence-electron chi connectivity index (χ0n) is 13.5. The molecule has 3 nitrogen and oxygen atoms in total. The van der Waals surface area contributed by atoms with Crippen molar-refractivity contribution in [2.45, 2.75) is 67.6 Å². The van der Waals surface area contributed by atoms with Crippen LogP contribution in [-0.4, -0.2) is 17.2 Å². The van der Waals surface area contributed by atoms with Gasteiger partial charge in [0.25, 0.3) is 0 Å². The Kier molecular flexibility index (Phi) is 7.25. The summed E-state index contributed by atoms with van der Waals surface area (Å²) in [7, 11) is 0. The molecule has 0 saturated heterocycles. The quantitative estimate of drug-likeness (QED) is 0.812. The van der Waals surface area contributed by atoms with Gasteiger partial charge in [-0.05, 0) is 55.9 Å². The number of carbonyl (C=O) groups excluding carboxylic acids is 1. The van der Waals surface area contributed by atoms with Crippen molar-refractivity contribution in [2.75, 3.05) is 5.32 Å². The van der Waals surface area contributed by atoms with E-state index in [9.17, 15) is 4.79 Å². The van der Waals surface area contributed by atoms with E-state index in [1.807, 2.05) is 23.9 Å². The fourth-order valence-corrected chi connectivity index (χ4v) is 4.83. The summed E-state index contributed by atoms with van der Waals surface area (Å²) < 4.78 is 0. The summed E-state index contributed by atoms with van der Waals surface area (Å²) in [5.74, 6) is 0.454. The molecule has 2 saturated carbocycles. The molecule has 1 aromatic carbocycles. The number of halogens is 1. The lowest BCUT2D eigenvalue weighted by Gasteiger charge is -2.15. The van der Waals surface area contributed by atoms with Crippen LogP contribution in [0.15, 0.2) is 29.2 Å². The largest absolute Gasteiger partial charge is 0.327 e. The van der Waals surface area contributed by atoms with Gasteiger partial charge in [-0.1, -0.05) is 19.3 Å². The van der Waals surface area contributed by atoms with Gasteiger partial charge < -0.3 is 11.1 Å². The SMILES string of the molecule is Cl.N[C@@H]1CCC[C@H]1CC(=O)Nc1ccc(SC2CCCC2)cc1. The van der Waals surface area contributed by atoms with Crippen molar-refractivity contribution in [1.29, 1.82) is 0 Å². The van der Waals surface area contributed by atoms with E-state index < -0.39 is 0 Å². The maximum absolute atomic E-state index is 12.1. The molecule has 0 bridgehead atoms. The van der Waals surface area contributed by atoms with Crippen LogP contribution in [-0.2, 0) is 4.79 Å². The maximum atomic E-state index is 12.1. The van der Waals surface area contributed by atoms with Crippen molar-refractivity contribution in [3.8, 4) is 0 Å². The highest BCUT2D eigenvalue weighted by Gasteiger charge is 2.26. The Labute approximate surface area is 149 Å². The van der Waals surface area contributed by atoms with Crippen LogP contribution in [0.3, 0.4) is 0 Å². The smallest absolute Gasteiger partial charge is 0.224 e. The minimum atomic E-state index is 0. The summed E-state index contributed by atoms with van der Waals surface area (Å²) in [6.45, 7) is 0. The minimum Gasteiger partial charge on any atom is -0.327 e. The molecule has 2 atom stereocenters. The number of rotatable bonds is 5. The third kappa shape index (κ3) is 5.40. The van der Waals surface area contributed by atoms with E-state index in [-0.39, 0.29) is 24.4 Å². The lowest BCUT2D eigenvalue weighted by atomic mass is 10.00. The van der Waals surface area contributed by atoms with Gasteiger partial charge in [0.1, 0.15) is 0 Å². The molecule has 3 rings (SSSR count). The van der Waals surface area contributed by atoms with Gasteiger partial charge >= 0.3 is 0 Å². The third-order valence-corrected chi connectivity index (χ3v) is 6.26. The van der Waals surface area contributed by atoms with Gasteiger partial charge in [-0.25, -0.2) is 0 Å². The van der Waals surface area contributed by atoms with Gasteiger partial charge in [-0.3, -0.25) is 4.79 Å². The van der Waals surface area contributed by atoms with Crippen LogP contribution in [0.4, 0.5) is 5.69 Å². The topological polar surface area (TPSA) is 55.1 Å². The Bertz CT molecular complexity index is 502. The van der Waals surface area contributed by atoms with Crippen molar-refractivity contribution in [3.63, 3.8) is 0 Å². The van der Waals surface area contributed by atoms with E-state index in [1.165, 1.54) is 30.6 Å². The molecule has 0 radical (unpaired) electrons. The molecule has 5 heteroatoms. The number of hydrogen-bond acceptors (Lipinski definition) is 3. The van der Waals surface area contributed by atoms with Crippen molar-refractivity contribution in [2.24, 2.45) is 11.7 Å². The fraction of sp³-hybridized carbons (Fsp3) is 0.611. The Morgan fingerprint density at radius 2 is 1.78 bits per heavy atom. The van der Waals surface area contributed by atoms with Gasteiger partial charge in [0, 0.05) is 28.3 Å². The number of amides is 1. The third-order valence-electron chi connectivity index (χ3n) is 4.91. The Morgan fingerprint density at radius 3 is 2.39 bits per heavy atom. The van der Waals surface area contributed by atoms with Crippen molar-refractivity contribution >= 4 is 35.8 Å².